The van der Waals surface area contributed by atoms with Gasteiger partial charge in [0.15, 0.2) is 5.58 Å². The molecule has 0 saturated heterocycles. The summed E-state index contributed by atoms with van der Waals surface area (Å²) in [5, 5.41) is 3.37. The number of hydrogen-bond donors (Lipinski definition) is 1. The van der Waals surface area contributed by atoms with E-state index >= 15 is 0 Å². The lowest BCUT2D eigenvalue weighted by molar-refractivity contribution is -0.122. The van der Waals surface area contributed by atoms with Crippen LogP contribution < -0.4 is 15.8 Å². The number of benzene rings is 2. The lowest BCUT2D eigenvalue weighted by Gasteiger charge is -2.16. The summed E-state index contributed by atoms with van der Waals surface area (Å²) >= 11 is 5.90. The van der Waals surface area contributed by atoms with Crippen molar-refractivity contribution < 1.29 is 13.9 Å². The normalized spacial score (nSPS) is 12.1. The maximum absolute atomic E-state index is 12.4. The summed E-state index contributed by atoms with van der Waals surface area (Å²) in [6, 6.07) is 12.4. The summed E-state index contributed by atoms with van der Waals surface area (Å²) in [6.07, 6.45) is 0.617. The van der Waals surface area contributed by atoms with Crippen LogP contribution in [0.25, 0.3) is 11.1 Å². The molecule has 7 heteroatoms. The van der Waals surface area contributed by atoms with Crippen LogP contribution in [0.5, 0.6) is 5.75 Å². The summed E-state index contributed by atoms with van der Waals surface area (Å²) in [4.78, 5) is 24.4. The minimum Gasteiger partial charge on any atom is -0.496 e. The molecule has 1 heterocycles. The molecule has 0 aliphatic carbocycles. The van der Waals surface area contributed by atoms with Crippen molar-refractivity contribution in [3.63, 3.8) is 0 Å². The Labute approximate surface area is 155 Å². The minimum absolute atomic E-state index is 0.121. The van der Waals surface area contributed by atoms with Gasteiger partial charge >= 0.3 is 5.76 Å². The van der Waals surface area contributed by atoms with E-state index in [9.17, 15) is 9.59 Å². The molecule has 1 atom stereocenters. The number of aromatic nitrogens is 1. The molecular formula is C19H19ClN2O4. The van der Waals surface area contributed by atoms with Crippen LogP contribution in [0.2, 0.25) is 5.02 Å². The Morgan fingerprint density at radius 2 is 2.08 bits per heavy atom. The van der Waals surface area contributed by atoms with Crippen molar-refractivity contribution >= 4 is 28.6 Å². The Kier molecular flexibility index (Phi) is 5.32. The van der Waals surface area contributed by atoms with Crippen molar-refractivity contribution in [3.8, 4) is 5.75 Å². The van der Waals surface area contributed by atoms with Crippen LogP contribution in [0.3, 0.4) is 0 Å². The summed E-state index contributed by atoms with van der Waals surface area (Å²) in [5.41, 5.74) is 1.90. The molecule has 0 saturated carbocycles. The van der Waals surface area contributed by atoms with Crippen molar-refractivity contribution in [2.45, 2.75) is 25.9 Å². The van der Waals surface area contributed by atoms with E-state index in [-0.39, 0.29) is 18.5 Å². The fraction of sp³-hybridized carbons (Fsp3) is 0.263. The van der Waals surface area contributed by atoms with Crippen LogP contribution in [0.15, 0.2) is 51.7 Å². The van der Waals surface area contributed by atoms with Gasteiger partial charge < -0.3 is 14.5 Å². The van der Waals surface area contributed by atoms with Gasteiger partial charge in [-0.15, -0.1) is 0 Å². The van der Waals surface area contributed by atoms with E-state index in [1.54, 1.807) is 25.3 Å². The molecule has 3 rings (SSSR count). The number of halogens is 1. The average Bonchev–Trinajstić information content (AvgIpc) is 2.89. The SMILES string of the molecule is COc1ccccc1CC(C)NC(=O)Cn1c(=O)oc2cc(Cl)ccc21. The zero-order chi connectivity index (χ0) is 18.7. The molecule has 26 heavy (non-hydrogen) atoms. The third kappa shape index (κ3) is 3.91. The number of para-hydroxylation sites is 1. The lowest BCUT2D eigenvalue weighted by Crippen LogP contribution is -2.37. The number of carbonyl (C=O) groups is 1. The van der Waals surface area contributed by atoms with Gasteiger partial charge in [-0.1, -0.05) is 29.8 Å². The number of nitrogens with one attached hydrogen (secondary N) is 1. The smallest absolute Gasteiger partial charge is 0.420 e. The van der Waals surface area contributed by atoms with Crippen LogP contribution in [0, 0.1) is 0 Å². The van der Waals surface area contributed by atoms with Crippen molar-refractivity contribution in [1.29, 1.82) is 0 Å². The maximum atomic E-state index is 12.4. The quantitative estimate of drug-likeness (QED) is 0.719. The standard InChI is InChI=1S/C19H19ClN2O4/c1-12(9-13-5-3-4-6-16(13)25-2)21-18(23)11-22-15-8-7-14(20)10-17(15)26-19(22)24/h3-8,10,12H,9,11H2,1-2H3,(H,21,23). The van der Waals surface area contributed by atoms with E-state index < -0.39 is 5.76 Å². The zero-order valence-electron chi connectivity index (χ0n) is 14.5. The maximum Gasteiger partial charge on any atom is 0.420 e. The first kappa shape index (κ1) is 18.1. The van der Waals surface area contributed by atoms with Gasteiger partial charge in [-0.25, -0.2) is 4.79 Å². The first-order valence-electron chi connectivity index (χ1n) is 8.18. The van der Waals surface area contributed by atoms with Crippen molar-refractivity contribution in [1.82, 2.24) is 9.88 Å². The summed E-state index contributed by atoms with van der Waals surface area (Å²) < 4.78 is 11.8. The highest BCUT2D eigenvalue weighted by atomic mass is 35.5. The number of ether oxygens (including phenoxy) is 1. The van der Waals surface area contributed by atoms with Crippen LogP contribution >= 0.6 is 11.6 Å². The van der Waals surface area contributed by atoms with Gasteiger partial charge in [-0.2, -0.15) is 0 Å². The number of rotatable bonds is 6. The minimum atomic E-state index is -0.588. The second-order valence-corrected chi connectivity index (χ2v) is 6.49. The van der Waals surface area contributed by atoms with E-state index in [0.717, 1.165) is 11.3 Å². The van der Waals surface area contributed by atoms with E-state index in [1.807, 2.05) is 31.2 Å². The number of amides is 1. The molecular weight excluding hydrogens is 356 g/mol. The second kappa shape index (κ2) is 7.66. The fourth-order valence-electron chi connectivity index (χ4n) is 2.91. The zero-order valence-corrected chi connectivity index (χ0v) is 15.2. The Morgan fingerprint density at radius 3 is 2.85 bits per heavy atom. The molecule has 3 aromatic rings. The van der Waals surface area contributed by atoms with Gasteiger partial charge in [0.05, 0.1) is 12.6 Å². The third-order valence-electron chi connectivity index (χ3n) is 4.06. The molecule has 2 aromatic carbocycles. The Balaban J connectivity index is 1.69. The van der Waals surface area contributed by atoms with Gasteiger partial charge in [0.25, 0.3) is 0 Å². The number of hydrogen-bond acceptors (Lipinski definition) is 4. The highest BCUT2D eigenvalue weighted by molar-refractivity contribution is 6.31. The highest BCUT2D eigenvalue weighted by Crippen LogP contribution is 2.19. The first-order chi connectivity index (χ1) is 12.5. The Bertz CT molecular complexity index is 993. The second-order valence-electron chi connectivity index (χ2n) is 6.05. The molecule has 1 amide bonds. The molecule has 0 bridgehead atoms. The number of methoxy groups -OCH3 is 1. The molecule has 0 spiro atoms. The number of oxazole rings is 1. The van der Waals surface area contributed by atoms with E-state index in [1.165, 1.54) is 4.57 Å². The molecule has 0 fully saturated rings. The molecule has 1 unspecified atom stereocenters. The van der Waals surface area contributed by atoms with Gasteiger partial charge in [-0.05, 0) is 37.1 Å². The molecule has 0 radical (unpaired) electrons. The topological polar surface area (TPSA) is 73.5 Å². The van der Waals surface area contributed by atoms with Gasteiger partial charge in [-0.3, -0.25) is 9.36 Å². The average molecular weight is 375 g/mol. The molecule has 136 valence electrons. The van der Waals surface area contributed by atoms with Crippen molar-refractivity contribution in [2.75, 3.05) is 7.11 Å². The van der Waals surface area contributed by atoms with Gasteiger partial charge in [0, 0.05) is 17.1 Å². The molecule has 0 aliphatic heterocycles. The summed E-state index contributed by atoms with van der Waals surface area (Å²) in [7, 11) is 1.62. The molecule has 1 N–H and O–H groups in total. The van der Waals surface area contributed by atoms with E-state index in [2.05, 4.69) is 5.32 Å². The van der Waals surface area contributed by atoms with Crippen LogP contribution in [-0.4, -0.2) is 23.6 Å². The summed E-state index contributed by atoms with van der Waals surface area (Å²) in [5.74, 6) is -0.0792. The van der Waals surface area contributed by atoms with E-state index in [0.29, 0.717) is 22.5 Å². The van der Waals surface area contributed by atoms with Crippen LogP contribution in [0.1, 0.15) is 12.5 Å². The predicted octanol–water partition coefficient (Wildman–Crippen LogP) is 3.00. The summed E-state index contributed by atoms with van der Waals surface area (Å²) in [6.45, 7) is 1.78. The van der Waals surface area contributed by atoms with Crippen molar-refractivity contribution in [3.05, 3.63) is 63.6 Å². The van der Waals surface area contributed by atoms with E-state index in [4.69, 9.17) is 20.8 Å². The molecule has 6 nitrogen and oxygen atoms in total. The van der Waals surface area contributed by atoms with Crippen LogP contribution in [0.4, 0.5) is 0 Å². The van der Waals surface area contributed by atoms with Crippen molar-refractivity contribution in [2.24, 2.45) is 0 Å². The third-order valence-corrected chi connectivity index (χ3v) is 4.29. The number of fused-ring (bicyclic) bond motifs is 1. The predicted molar refractivity (Wildman–Crippen MR) is 99.8 cm³/mol. The molecule has 1 aromatic heterocycles. The number of carbonyl (C=O) groups excluding carboxylic acids is 1. The Morgan fingerprint density at radius 1 is 1.31 bits per heavy atom. The van der Waals surface area contributed by atoms with Gasteiger partial charge in [0.2, 0.25) is 5.91 Å². The number of nitrogens with zero attached hydrogens (tertiary/aromatic N) is 1. The monoisotopic (exact) mass is 374 g/mol. The fourth-order valence-corrected chi connectivity index (χ4v) is 3.07. The highest BCUT2D eigenvalue weighted by Gasteiger charge is 2.15. The Hall–Kier alpha value is -2.73. The largest absolute Gasteiger partial charge is 0.496 e. The first-order valence-corrected chi connectivity index (χ1v) is 8.56. The van der Waals surface area contributed by atoms with Crippen LogP contribution in [-0.2, 0) is 17.8 Å². The lowest BCUT2D eigenvalue weighted by atomic mass is 10.1. The molecule has 0 aliphatic rings. The van der Waals surface area contributed by atoms with Gasteiger partial charge in [0.1, 0.15) is 12.3 Å².